The van der Waals surface area contributed by atoms with Gasteiger partial charge in [0.25, 0.3) is 0 Å². The highest BCUT2D eigenvalue weighted by atomic mass is 16.5. The molecule has 1 aliphatic rings. The number of nitrogens with zero attached hydrogens (tertiary/aromatic N) is 1. The maximum atomic E-state index is 12.0. The summed E-state index contributed by atoms with van der Waals surface area (Å²) in [5.74, 6) is -0.465. The molecule has 2 atom stereocenters. The topological polar surface area (TPSA) is 66.8 Å². The molecular formula is C13H23NO4. The number of hydrogen-bond donors (Lipinski definition) is 1. The predicted molar refractivity (Wildman–Crippen MR) is 67.2 cm³/mol. The number of carboxylic acid groups (broad SMARTS) is 1. The highest BCUT2D eigenvalue weighted by Crippen LogP contribution is 2.16. The molecule has 18 heavy (non-hydrogen) atoms. The smallest absolute Gasteiger partial charge is 0.303 e. The van der Waals surface area contributed by atoms with Gasteiger partial charge in [0.1, 0.15) is 0 Å². The Morgan fingerprint density at radius 2 is 2.17 bits per heavy atom. The Kier molecular flexibility index (Phi) is 6.12. The van der Waals surface area contributed by atoms with Crippen molar-refractivity contribution in [3.05, 3.63) is 0 Å². The van der Waals surface area contributed by atoms with Crippen LogP contribution in [-0.4, -0.2) is 48.2 Å². The maximum Gasteiger partial charge on any atom is 0.303 e. The van der Waals surface area contributed by atoms with Crippen LogP contribution < -0.4 is 0 Å². The molecule has 1 rings (SSSR count). The van der Waals surface area contributed by atoms with Crippen LogP contribution in [0.5, 0.6) is 0 Å². The zero-order chi connectivity index (χ0) is 13.5. The van der Waals surface area contributed by atoms with E-state index in [-0.39, 0.29) is 18.2 Å². The van der Waals surface area contributed by atoms with Crippen molar-refractivity contribution < 1.29 is 19.4 Å². The molecule has 0 bridgehead atoms. The van der Waals surface area contributed by atoms with E-state index in [2.05, 4.69) is 0 Å². The van der Waals surface area contributed by atoms with E-state index in [1.54, 1.807) is 6.92 Å². The lowest BCUT2D eigenvalue weighted by atomic mass is 10.0. The summed E-state index contributed by atoms with van der Waals surface area (Å²) in [5, 5.41) is 8.68. The van der Waals surface area contributed by atoms with Crippen LogP contribution in [0, 0.1) is 11.8 Å². The van der Waals surface area contributed by atoms with Crippen LogP contribution in [0.3, 0.4) is 0 Å². The van der Waals surface area contributed by atoms with E-state index < -0.39 is 5.97 Å². The lowest BCUT2D eigenvalue weighted by Crippen LogP contribution is -2.36. The van der Waals surface area contributed by atoms with Crippen molar-refractivity contribution in [2.24, 2.45) is 11.8 Å². The summed E-state index contributed by atoms with van der Waals surface area (Å²) < 4.78 is 5.30. The lowest BCUT2D eigenvalue weighted by molar-refractivity contribution is -0.138. The highest BCUT2D eigenvalue weighted by Gasteiger charge is 2.22. The van der Waals surface area contributed by atoms with E-state index in [1.807, 2.05) is 11.8 Å². The third-order valence-electron chi connectivity index (χ3n) is 3.28. The van der Waals surface area contributed by atoms with Crippen molar-refractivity contribution in [1.29, 1.82) is 0 Å². The molecule has 0 aromatic rings. The lowest BCUT2D eigenvalue weighted by Gasteiger charge is -2.25. The summed E-state index contributed by atoms with van der Waals surface area (Å²) >= 11 is 0. The Labute approximate surface area is 108 Å². The molecule has 0 aromatic carbocycles. The van der Waals surface area contributed by atoms with E-state index >= 15 is 0 Å². The molecule has 5 nitrogen and oxygen atoms in total. The fraction of sp³-hybridized carbons (Fsp3) is 0.846. The van der Waals surface area contributed by atoms with Crippen molar-refractivity contribution in [3.63, 3.8) is 0 Å². The molecule has 1 fully saturated rings. The van der Waals surface area contributed by atoms with Gasteiger partial charge < -0.3 is 14.7 Å². The summed E-state index contributed by atoms with van der Waals surface area (Å²) in [6.07, 6.45) is 1.37. The first-order chi connectivity index (χ1) is 8.52. The minimum Gasteiger partial charge on any atom is -0.481 e. The van der Waals surface area contributed by atoms with Crippen LogP contribution in [0.4, 0.5) is 0 Å². The molecule has 1 N–H and O–H groups in total. The molecule has 104 valence electrons. The third-order valence-corrected chi connectivity index (χ3v) is 3.28. The largest absolute Gasteiger partial charge is 0.481 e. The maximum absolute atomic E-state index is 12.0. The average Bonchev–Trinajstić information content (AvgIpc) is 2.76. The second-order valence-electron chi connectivity index (χ2n) is 5.07. The number of carbonyl (C=O) groups excluding carboxylic acids is 1. The summed E-state index contributed by atoms with van der Waals surface area (Å²) in [4.78, 5) is 24.4. The molecule has 2 unspecified atom stereocenters. The third kappa shape index (κ3) is 5.04. The van der Waals surface area contributed by atoms with Gasteiger partial charge in [0, 0.05) is 38.5 Å². The quantitative estimate of drug-likeness (QED) is 0.748. The van der Waals surface area contributed by atoms with Crippen LogP contribution in [0.15, 0.2) is 0 Å². The molecule has 0 radical (unpaired) electrons. The molecule has 0 aromatic heterocycles. The number of amides is 1. The fourth-order valence-electron chi connectivity index (χ4n) is 2.24. The minimum atomic E-state index is -0.845. The van der Waals surface area contributed by atoms with Crippen molar-refractivity contribution in [2.45, 2.75) is 33.1 Å². The van der Waals surface area contributed by atoms with Gasteiger partial charge in [-0.1, -0.05) is 6.92 Å². The van der Waals surface area contributed by atoms with Gasteiger partial charge in [0.2, 0.25) is 5.91 Å². The number of hydrogen-bond acceptors (Lipinski definition) is 3. The second-order valence-corrected chi connectivity index (χ2v) is 5.07. The Morgan fingerprint density at radius 3 is 2.67 bits per heavy atom. The normalized spacial score (nSPS) is 20.7. The van der Waals surface area contributed by atoms with Gasteiger partial charge in [0.05, 0.1) is 6.61 Å². The van der Waals surface area contributed by atoms with Gasteiger partial charge >= 0.3 is 5.97 Å². The highest BCUT2D eigenvalue weighted by molar-refractivity contribution is 5.77. The van der Waals surface area contributed by atoms with Gasteiger partial charge in [-0.05, 0) is 19.3 Å². The van der Waals surface area contributed by atoms with Crippen molar-refractivity contribution in [2.75, 3.05) is 26.3 Å². The summed E-state index contributed by atoms with van der Waals surface area (Å²) in [5.41, 5.74) is 0. The molecule has 1 aliphatic heterocycles. The summed E-state index contributed by atoms with van der Waals surface area (Å²) in [6, 6.07) is 0. The molecular weight excluding hydrogens is 234 g/mol. The van der Waals surface area contributed by atoms with E-state index in [1.165, 1.54) is 0 Å². The Morgan fingerprint density at radius 1 is 1.44 bits per heavy atom. The molecule has 0 spiro atoms. The van der Waals surface area contributed by atoms with Crippen LogP contribution >= 0.6 is 0 Å². The Balaban J connectivity index is 2.38. The van der Waals surface area contributed by atoms with Gasteiger partial charge in [0.15, 0.2) is 0 Å². The van der Waals surface area contributed by atoms with E-state index in [4.69, 9.17) is 9.84 Å². The first-order valence-electron chi connectivity index (χ1n) is 6.60. The molecule has 1 saturated heterocycles. The van der Waals surface area contributed by atoms with Crippen LogP contribution in [0.2, 0.25) is 0 Å². The summed E-state index contributed by atoms with van der Waals surface area (Å²) in [7, 11) is 0. The number of carboxylic acids is 1. The van der Waals surface area contributed by atoms with Crippen molar-refractivity contribution in [3.8, 4) is 0 Å². The van der Waals surface area contributed by atoms with Gasteiger partial charge in [-0.25, -0.2) is 0 Å². The monoisotopic (exact) mass is 257 g/mol. The van der Waals surface area contributed by atoms with Crippen LogP contribution in [0.1, 0.15) is 33.1 Å². The predicted octanol–water partition coefficient (Wildman–Crippen LogP) is 1.37. The van der Waals surface area contributed by atoms with Gasteiger partial charge in [-0.2, -0.15) is 0 Å². The molecule has 5 heteroatoms. The standard InChI is InChI=1S/C13H23NO4/c1-3-14(8-11-4-5-18-9-11)12(15)6-10(2)7-13(16)17/h10-11H,3-9H2,1-2H3,(H,16,17). The van der Waals surface area contributed by atoms with Crippen LogP contribution in [0.25, 0.3) is 0 Å². The second kappa shape index (κ2) is 7.36. The number of carbonyl (C=O) groups is 2. The van der Waals surface area contributed by atoms with E-state index in [9.17, 15) is 9.59 Å². The van der Waals surface area contributed by atoms with E-state index in [0.717, 1.165) is 26.2 Å². The fourth-order valence-corrected chi connectivity index (χ4v) is 2.24. The van der Waals surface area contributed by atoms with Gasteiger partial charge in [-0.3, -0.25) is 9.59 Å². The van der Waals surface area contributed by atoms with Crippen molar-refractivity contribution in [1.82, 2.24) is 4.90 Å². The number of aliphatic carboxylic acids is 1. The number of ether oxygens (including phenoxy) is 1. The van der Waals surface area contributed by atoms with Gasteiger partial charge in [-0.15, -0.1) is 0 Å². The minimum absolute atomic E-state index is 0.0514. The Bertz CT molecular complexity index is 287. The number of rotatable bonds is 7. The van der Waals surface area contributed by atoms with Crippen molar-refractivity contribution >= 4 is 11.9 Å². The zero-order valence-corrected chi connectivity index (χ0v) is 11.2. The first-order valence-corrected chi connectivity index (χ1v) is 6.60. The van der Waals surface area contributed by atoms with E-state index in [0.29, 0.717) is 18.9 Å². The average molecular weight is 257 g/mol. The SMILES string of the molecule is CCN(CC1CCOC1)C(=O)CC(C)CC(=O)O. The Hall–Kier alpha value is -1.10. The first kappa shape index (κ1) is 15.0. The van der Waals surface area contributed by atoms with Crippen LogP contribution in [-0.2, 0) is 14.3 Å². The molecule has 1 amide bonds. The molecule has 1 heterocycles. The zero-order valence-electron chi connectivity index (χ0n) is 11.2. The molecule has 0 aliphatic carbocycles. The summed E-state index contributed by atoms with van der Waals surface area (Å²) in [6.45, 7) is 6.68. The molecule has 0 saturated carbocycles.